The number of hydrogen-bond donors (Lipinski definition) is 1. The van der Waals surface area contributed by atoms with Gasteiger partial charge in [-0.05, 0) is 74.9 Å². The number of hydrogen-bond acceptors (Lipinski definition) is 3. The van der Waals surface area contributed by atoms with Gasteiger partial charge in [-0.3, -0.25) is 9.48 Å². The highest BCUT2D eigenvalue weighted by Gasteiger charge is 2.15. The van der Waals surface area contributed by atoms with Crippen molar-refractivity contribution >= 4 is 17.3 Å². The number of aryl methyl sites for hydroxylation is 2. The molecule has 0 fully saturated rings. The normalized spacial score (nSPS) is 10.8. The number of carbonyl (C=O) groups is 1. The zero-order valence-corrected chi connectivity index (χ0v) is 16.7. The summed E-state index contributed by atoms with van der Waals surface area (Å²) in [5.74, 6) is -0.534. The fourth-order valence-electron chi connectivity index (χ4n) is 3.19. The van der Waals surface area contributed by atoms with Crippen molar-refractivity contribution in [2.75, 3.05) is 23.3 Å². The molecule has 2 aromatic carbocycles. The van der Waals surface area contributed by atoms with E-state index in [4.69, 9.17) is 0 Å². The summed E-state index contributed by atoms with van der Waals surface area (Å²) in [6.07, 6.45) is 0. The lowest BCUT2D eigenvalue weighted by Gasteiger charge is -2.21. The van der Waals surface area contributed by atoms with Gasteiger partial charge in [0.25, 0.3) is 5.91 Å². The number of halogens is 1. The van der Waals surface area contributed by atoms with Crippen LogP contribution in [-0.2, 0) is 7.05 Å². The Labute approximate surface area is 164 Å². The minimum atomic E-state index is -0.281. The molecular weight excluding hydrogens is 355 g/mol. The zero-order chi connectivity index (χ0) is 20.3. The van der Waals surface area contributed by atoms with E-state index in [2.05, 4.69) is 29.2 Å². The Morgan fingerprint density at radius 1 is 1.11 bits per heavy atom. The minimum Gasteiger partial charge on any atom is -0.372 e. The number of carbonyl (C=O) groups excluding carboxylic acids is 1. The molecule has 6 heteroatoms. The van der Waals surface area contributed by atoms with Crippen LogP contribution in [-0.4, -0.2) is 28.8 Å². The number of benzene rings is 2. The fourth-order valence-corrected chi connectivity index (χ4v) is 3.19. The third-order valence-electron chi connectivity index (χ3n) is 4.82. The van der Waals surface area contributed by atoms with E-state index in [0.717, 1.165) is 30.0 Å². The molecule has 1 N–H and O–H groups in total. The number of nitrogens with one attached hydrogen (secondary N) is 1. The fraction of sp³-hybridized carbons (Fsp3) is 0.273. The van der Waals surface area contributed by atoms with Crippen LogP contribution >= 0.6 is 0 Å². The van der Waals surface area contributed by atoms with Crippen LogP contribution in [0.2, 0.25) is 0 Å². The zero-order valence-electron chi connectivity index (χ0n) is 16.7. The molecule has 0 radical (unpaired) electrons. The monoisotopic (exact) mass is 380 g/mol. The molecule has 3 rings (SSSR count). The third kappa shape index (κ3) is 4.06. The van der Waals surface area contributed by atoms with Gasteiger partial charge in [-0.2, -0.15) is 5.10 Å². The van der Waals surface area contributed by atoms with Crippen molar-refractivity contribution in [1.82, 2.24) is 9.78 Å². The average Bonchev–Trinajstić information content (AvgIpc) is 3.08. The second-order valence-electron chi connectivity index (χ2n) is 6.68. The van der Waals surface area contributed by atoms with E-state index >= 15 is 0 Å². The van der Waals surface area contributed by atoms with E-state index < -0.39 is 0 Å². The van der Waals surface area contributed by atoms with Gasteiger partial charge in [-0.15, -0.1) is 0 Å². The van der Waals surface area contributed by atoms with E-state index in [1.54, 1.807) is 36.9 Å². The van der Waals surface area contributed by atoms with Crippen molar-refractivity contribution in [3.63, 3.8) is 0 Å². The lowest BCUT2D eigenvalue weighted by Crippen LogP contribution is -2.21. The van der Waals surface area contributed by atoms with Crippen LogP contribution < -0.4 is 10.2 Å². The van der Waals surface area contributed by atoms with Gasteiger partial charge in [0.15, 0.2) is 5.69 Å². The van der Waals surface area contributed by atoms with Gasteiger partial charge in [-0.1, -0.05) is 0 Å². The summed E-state index contributed by atoms with van der Waals surface area (Å²) in [7, 11) is 1.77. The van der Waals surface area contributed by atoms with E-state index in [-0.39, 0.29) is 11.7 Å². The Morgan fingerprint density at radius 2 is 1.79 bits per heavy atom. The highest BCUT2D eigenvalue weighted by molar-refractivity contribution is 6.03. The van der Waals surface area contributed by atoms with Crippen LogP contribution in [0.5, 0.6) is 0 Å². The van der Waals surface area contributed by atoms with Gasteiger partial charge in [-0.25, -0.2) is 4.39 Å². The smallest absolute Gasteiger partial charge is 0.276 e. The molecular formula is C22H25FN4O. The Balaban J connectivity index is 1.77. The van der Waals surface area contributed by atoms with Crippen molar-refractivity contribution in [2.45, 2.75) is 20.8 Å². The molecule has 0 saturated carbocycles. The second-order valence-corrected chi connectivity index (χ2v) is 6.68. The Kier molecular flexibility index (Phi) is 5.78. The maximum atomic E-state index is 13.5. The molecule has 0 bridgehead atoms. The predicted molar refractivity (Wildman–Crippen MR) is 111 cm³/mol. The Hall–Kier alpha value is -3.15. The number of amides is 1. The lowest BCUT2D eigenvalue weighted by molar-refractivity contribution is 0.102. The number of aromatic nitrogens is 2. The van der Waals surface area contributed by atoms with Gasteiger partial charge in [0.2, 0.25) is 0 Å². The summed E-state index contributed by atoms with van der Waals surface area (Å²) in [5.41, 5.74) is 4.27. The highest BCUT2D eigenvalue weighted by atomic mass is 19.1. The summed E-state index contributed by atoms with van der Waals surface area (Å²) in [5, 5.41) is 7.19. The molecule has 0 aliphatic heterocycles. The maximum absolute atomic E-state index is 13.5. The third-order valence-corrected chi connectivity index (χ3v) is 4.82. The first-order chi connectivity index (χ1) is 13.4. The summed E-state index contributed by atoms with van der Waals surface area (Å²) in [6.45, 7) is 7.80. The Morgan fingerprint density at radius 3 is 2.39 bits per heavy atom. The van der Waals surface area contributed by atoms with Crippen molar-refractivity contribution in [3.05, 3.63) is 65.6 Å². The molecule has 1 heterocycles. The lowest BCUT2D eigenvalue weighted by atomic mass is 10.1. The summed E-state index contributed by atoms with van der Waals surface area (Å²) in [4.78, 5) is 14.8. The highest BCUT2D eigenvalue weighted by Crippen LogP contribution is 2.23. The van der Waals surface area contributed by atoms with Crippen LogP contribution in [0.1, 0.15) is 29.9 Å². The van der Waals surface area contributed by atoms with Crippen molar-refractivity contribution in [2.24, 2.45) is 7.05 Å². The van der Waals surface area contributed by atoms with E-state index in [1.165, 1.54) is 6.07 Å². The molecule has 5 nitrogen and oxygen atoms in total. The van der Waals surface area contributed by atoms with Crippen LogP contribution in [0.4, 0.5) is 15.8 Å². The first kappa shape index (κ1) is 19.6. The summed E-state index contributed by atoms with van der Waals surface area (Å²) < 4.78 is 15.2. The van der Waals surface area contributed by atoms with Crippen molar-refractivity contribution in [1.29, 1.82) is 0 Å². The number of anilines is 2. The average molecular weight is 380 g/mol. The molecule has 28 heavy (non-hydrogen) atoms. The van der Waals surface area contributed by atoms with Gasteiger partial charge < -0.3 is 10.2 Å². The van der Waals surface area contributed by atoms with Crippen LogP contribution in [0, 0.1) is 12.7 Å². The molecule has 3 aromatic rings. The molecule has 0 aliphatic rings. The quantitative estimate of drug-likeness (QED) is 0.678. The number of nitrogens with zero attached hydrogens (tertiary/aromatic N) is 3. The first-order valence-electron chi connectivity index (χ1n) is 9.39. The van der Waals surface area contributed by atoms with E-state index in [1.807, 2.05) is 24.3 Å². The second kappa shape index (κ2) is 8.25. The van der Waals surface area contributed by atoms with Gasteiger partial charge in [0.05, 0.1) is 5.69 Å². The van der Waals surface area contributed by atoms with Crippen LogP contribution in [0.3, 0.4) is 0 Å². The molecule has 146 valence electrons. The Bertz CT molecular complexity index is 975. The van der Waals surface area contributed by atoms with Gasteiger partial charge in [0, 0.05) is 37.1 Å². The van der Waals surface area contributed by atoms with Gasteiger partial charge >= 0.3 is 0 Å². The molecule has 0 spiro atoms. The molecule has 0 saturated heterocycles. The first-order valence-corrected chi connectivity index (χ1v) is 9.39. The van der Waals surface area contributed by atoms with Crippen molar-refractivity contribution < 1.29 is 9.18 Å². The summed E-state index contributed by atoms with van der Waals surface area (Å²) >= 11 is 0. The largest absolute Gasteiger partial charge is 0.372 e. The van der Waals surface area contributed by atoms with Crippen molar-refractivity contribution in [3.8, 4) is 11.3 Å². The maximum Gasteiger partial charge on any atom is 0.276 e. The summed E-state index contributed by atoms with van der Waals surface area (Å²) in [6, 6.07) is 14.3. The molecule has 1 amide bonds. The minimum absolute atomic E-state index is 0.253. The molecule has 0 atom stereocenters. The SMILES string of the molecule is CCN(CC)c1ccc(NC(=O)c2cc(-c3ccc(F)c(C)c3)n(C)n2)cc1. The van der Waals surface area contributed by atoms with E-state index in [0.29, 0.717) is 16.9 Å². The molecule has 0 aliphatic carbocycles. The van der Waals surface area contributed by atoms with E-state index in [9.17, 15) is 9.18 Å². The van der Waals surface area contributed by atoms with Gasteiger partial charge in [0.1, 0.15) is 5.82 Å². The number of rotatable bonds is 6. The molecule has 0 unspecified atom stereocenters. The van der Waals surface area contributed by atoms with Crippen LogP contribution in [0.25, 0.3) is 11.3 Å². The molecule has 1 aromatic heterocycles. The standard InChI is InChI=1S/C22H25FN4O/c1-5-27(6-2)18-10-8-17(9-11-18)24-22(28)20-14-21(26(4)25-20)16-7-12-19(23)15(3)13-16/h7-14H,5-6H2,1-4H3,(H,24,28). The predicted octanol–water partition coefficient (Wildman–Crippen LogP) is 4.63. The van der Waals surface area contributed by atoms with Crippen LogP contribution in [0.15, 0.2) is 48.5 Å². The topological polar surface area (TPSA) is 50.2 Å².